The molecule has 0 radical (unpaired) electrons. The van der Waals surface area contributed by atoms with E-state index in [2.05, 4.69) is 30.2 Å². The molecule has 1 N–H and O–H groups in total. The lowest BCUT2D eigenvalue weighted by Crippen LogP contribution is -2.24. The van der Waals surface area contributed by atoms with E-state index in [9.17, 15) is 0 Å². The van der Waals surface area contributed by atoms with Crippen molar-refractivity contribution in [3.63, 3.8) is 0 Å². The van der Waals surface area contributed by atoms with Gasteiger partial charge in [0.25, 0.3) is 0 Å². The highest BCUT2D eigenvalue weighted by Crippen LogP contribution is 2.28. The molecule has 0 fully saturated rings. The van der Waals surface area contributed by atoms with Gasteiger partial charge < -0.3 is 5.32 Å². The van der Waals surface area contributed by atoms with Crippen molar-refractivity contribution in [3.05, 3.63) is 63.9 Å². The molecule has 0 aliphatic rings. The van der Waals surface area contributed by atoms with Gasteiger partial charge in [-0.05, 0) is 42.7 Å². The number of benzene rings is 1. The summed E-state index contributed by atoms with van der Waals surface area (Å²) >= 11 is 12.1. The van der Waals surface area contributed by atoms with E-state index in [1.54, 1.807) is 6.20 Å². The van der Waals surface area contributed by atoms with Gasteiger partial charge in [-0.1, -0.05) is 42.3 Å². The van der Waals surface area contributed by atoms with E-state index < -0.39 is 0 Å². The second kappa shape index (κ2) is 7.07. The molecule has 1 heterocycles. The SMILES string of the molecule is CCC(N[C@H](C)c1cccnc1)c1ccc(Cl)c(Cl)c1. The monoisotopic (exact) mass is 308 g/mol. The van der Waals surface area contributed by atoms with Gasteiger partial charge in [0.15, 0.2) is 0 Å². The summed E-state index contributed by atoms with van der Waals surface area (Å²) in [6.45, 7) is 4.29. The minimum atomic E-state index is 0.225. The van der Waals surface area contributed by atoms with Crippen LogP contribution in [0, 0.1) is 0 Å². The Hall–Kier alpha value is -1.09. The standard InChI is InChI=1S/C16H18Cl2N2/c1-3-16(12-6-7-14(17)15(18)9-12)20-11(2)13-5-4-8-19-10-13/h4-11,16,20H,3H2,1-2H3/t11-,16?/m1/s1. The zero-order valence-corrected chi connectivity index (χ0v) is 13.1. The van der Waals surface area contributed by atoms with Crippen LogP contribution in [0.1, 0.15) is 43.5 Å². The third-order valence-corrected chi connectivity index (χ3v) is 4.13. The van der Waals surface area contributed by atoms with Gasteiger partial charge in [0.05, 0.1) is 10.0 Å². The Labute approximate surface area is 130 Å². The lowest BCUT2D eigenvalue weighted by atomic mass is 10.0. The predicted octanol–water partition coefficient (Wildman–Crippen LogP) is 5.19. The molecule has 0 amide bonds. The maximum atomic E-state index is 6.10. The minimum absolute atomic E-state index is 0.225. The van der Waals surface area contributed by atoms with Gasteiger partial charge in [0.1, 0.15) is 0 Å². The summed E-state index contributed by atoms with van der Waals surface area (Å²) in [5, 5.41) is 4.79. The van der Waals surface area contributed by atoms with E-state index in [-0.39, 0.29) is 12.1 Å². The second-order valence-corrected chi connectivity index (χ2v) is 5.62. The molecule has 0 saturated heterocycles. The van der Waals surface area contributed by atoms with Gasteiger partial charge >= 0.3 is 0 Å². The Bertz CT molecular complexity index is 558. The van der Waals surface area contributed by atoms with Crippen LogP contribution >= 0.6 is 23.2 Å². The molecule has 0 aliphatic carbocycles. The molecule has 4 heteroatoms. The van der Waals surface area contributed by atoms with Crippen LogP contribution in [0.15, 0.2) is 42.7 Å². The molecule has 0 saturated carbocycles. The quantitative estimate of drug-likeness (QED) is 0.822. The van der Waals surface area contributed by atoms with Crippen molar-refractivity contribution >= 4 is 23.2 Å². The average molecular weight is 309 g/mol. The molecule has 20 heavy (non-hydrogen) atoms. The van der Waals surface area contributed by atoms with Gasteiger partial charge in [-0.15, -0.1) is 0 Å². The van der Waals surface area contributed by atoms with Gasteiger partial charge in [0, 0.05) is 24.5 Å². The van der Waals surface area contributed by atoms with E-state index in [0.29, 0.717) is 10.0 Å². The number of nitrogens with one attached hydrogen (secondary N) is 1. The summed E-state index contributed by atoms with van der Waals surface area (Å²) in [4.78, 5) is 4.16. The van der Waals surface area contributed by atoms with Crippen LogP contribution in [-0.2, 0) is 0 Å². The highest BCUT2D eigenvalue weighted by Gasteiger charge is 2.14. The van der Waals surface area contributed by atoms with Crippen molar-refractivity contribution in [1.82, 2.24) is 10.3 Å². The Morgan fingerprint density at radius 1 is 1.15 bits per heavy atom. The maximum absolute atomic E-state index is 6.10. The molecule has 1 aromatic carbocycles. The topological polar surface area (TPSA) is 24.9 Å². The molecule has 0 bridgehead atoms. The number of aromatic nitrogens is 1. The van der Waals surface area contributed by atoms with Crippen molar-refractivity contribution in [3.8, 4) is 0 Å². The Morgan fingerprint density at radius 2 is 1.95 bits per heavy atom. The van der Waals surface area contributed by atoms with Crippen LogP contribution in [0.25, 0.3) is 0 Å². The first-order chi connectivity index (χ1) is 9.61. The van der Waals surface area contributed by atoms with E-state index in [1.165, 1.54) is 5.56 Å². The first kappa shape index (κ1) is 15.3. The number of rotatable bonds is 5. The Morgan fingerprint density at radius 3 is 2.55 bits per heavy atom. The van der Waals surface area contributed by atoms with E-state index in [0.717, 1.165) is 12.0 Å². The number of hydrogen-bond donors (Lipinski definition) is 1. The van der Waals surface area contributed by atoms with Crippen molar-refractivity contribution in [2.75, 3.05) is 0 Å². The predicted molar refractivity (Wildman–Crippen MR) is 85.3 cm³/mol. The van der Waals surface area contributed by atoms with Gasteiger partial charge in [-0.25, -0.2) is 0 Å². The van der Waals surface area contributed by atoms with E-state index in [1.807, 2.05) is 30.5 Å². The lowest BCUT2D eigenvalue weighted by molar-refractivity contribution is 0.456. The van der Waals surface area contributed by atoms with Crippen molar-refractivity contribution in [2.24, 2.45) is 0 Å². The van der Waals surface area contributed by atoms with E-state index in [4.69, 9.17) is 23.2 Å². The molecule has 1 aromatic heterocycles. The first-order valence-corrected chi connectivity index (χ1v) is 7.48. The molecule has 2 nitrogen and oxygen atoms in total. The summed E-state index contributed by atoms with van der Waals surface area (Å²) in [6.07, 6.45) is 4.65. The van der Waals surface area contributed by atoms with Crippen molar-refractivity contribution in [2.45, 2.75) is 32.4 Å². The second-order valence-electron chi connectivity index (χ2n) is 4.81. The molecule has 0 aliphatic heterocycles. The minimum Gasteiger partial charge on any atom is -0.303 e. The van der Waals surface area contributed by atoms with Crippen LogP contribution in [-0.4, -0.2) is 4.98 Å². The van der Waals surface area contributed by atoms with Gasteiger partial charge in [-0.2, -0.15) is 0 Å². The molecular formula is C16H18Cl2N2. The average Bonchev–Trinajstić information content (AvgIpc) is 2.48. The number of pyridine rings is 1. The molecule has 0 spiro atoms. The fourth-order valence-electron chi connectivity index (χ4n) is 2.21. The Balaban J connectivity index is 2.14. The normalized spacial score (nSPS) is 14.0. The fourth-order valence-corrected chi connectivity index (χ4v) is 2.52. The molecule has 2 atom stereocenters. The highest BCUT2D eigenvalue weighted by molar-refractivity contribution is 6.42. The van der Waals surface area contributed by atoms with Crippen LogP contribution in [0.2, 0.25) is 10.0 Å². The first-order valence-electron chi connectivity index (χ1n) is 6.72. The summed E-state index contributed by atoms with van der Waals surface area (Å²) in [5.74, 6) is 0. The Kier molecular flexibility index (Phi) is 5.41. The lowest BCUT2D eigenvalue weighted by Gasteiger charge is -2.23. The molecule has 2 aromatic rings. The van der Waals surface area contributed by atoms with Crippen LogP contribution in [0.5, 0.6) is 0 Å². The van der Waals surface area contributed by atoms with Gasteiger partial charge in [0.2, 0.25) is 0 Å². The number of nitrogens with zero attached hydrogens (tertiary/aromatic N) is 1. The molecular weight excluding hydrogens is 291 g/mol. The zero-order chi connectivity index (χ0) is 14.5. The highest BCUT2D eigenvalue weighted by atomic mass is 35.5. The summed E-state index contributed by atoms with van der Waals surface area (Å²) < 4.78 is 0. The van der Waals surface area contributed by atoms with Crippen LogP contribution < -0.4 is 5.32 Å². The number of halogens is 2. The smallest absolute Gasteiger partial charge is 0.0595 e. The molecule has 106 valence electrons. The summed E-state index contributed by atoms with van der Waals surface area (Å²) in [5.41, 5.74) is 2.32. The van der Waals surface area contributed by atoms with Crippen molar-refractivity contribution in [1.29, 1.82) is 0 Å². The van der Waals surface area contributed by atoms with E-state index >= 15 is 0 Å². The van der Waals surface area contributed by atoms with Crippen LogP contribution in [0.4, 0.5) is 0 Å². The molecule has 1 unspecified atom stereocenters. The number of hydrogen-bond acceptors (Lipinski definition) is 2. The summed E-state index contributed by atoms with van der Waals surface area (Å²) in [6, 6.07) is 10.3. The zero-order valence-electron chi connectivity index (χ0n) is 11.6. The van der Waals surface area contributed by atoms with Gasteiger partial charge in [-0.3, -0.25) is 4.98 Å². The largest absolute Gasteiger partial charge is 0.303 e. The third kappa shape index (κ3) is 3.72. The maximum Gasteiger partial charge on any atom is 0.0595 e. The fraction of sp³-hybridized carbons (Fsp3) is 0.312. The molecule has 2 rings (SSSR count). The summed E-state index contributed by atoms with van der Waals surface area (Å²) in [7, 11) is 0. The van der Waals surface area contributed by atoms with Crippen LogP contribution in [0.3, 0.4) is 0 Å². The third-order valence-electron chi connectivity index (χ3n) is 3.39. The van der Waals surface area contributed by atoms with Crippen molar-refractivity contribution < 1.29 is 0 Å².